The lowest BCUT2D eigenvalue weighted by Gasteiger charge is -2.30. The topological polar surface area (TPSA) is 116 Å². The first-order valence-corrected chi connectivity index (χ1v) is 18.7. The van der Waals surface area contributed by atoms with E-state index in [1.54, 1.807) is 24.3 Å². The molecule has 0 aliphatic heterocycles. The number of hydrogen-bond donors (Lipinski definition) is 0. The molecular formula is C41H42Cl2N6O. The van der Waals surface area contributed by atoms with Crippen molar-refractivity contribution in [1.82, 2.24) is 19.9 Å². The molecule has 0 spiro atoms. The van der Waals surface area contributed by atoms with Gasteiger partial charge in [0.25, 0.3) is 0 Å². The second-order valence-corrected chi connectivity index (χ2v) is 15.1. The molecule has 2 unspecified atom stereocenters. The Morgan fingerprint density at radius 1 is 0.600 bits per heavy atom. The van der Waals surface area contributed by atoms with Crippen LogP contribution in [0.25, 0.3) is 0 Å². The molecule has 4 aromatic rings. The monoisotopic (exact) mass is 704 g/mol. The molecule has 2 aromatic heterocycles. The molecule has 50 heavy (non-hydrogen) atoms. The predicted octanol–water partition coefficient (Wildman–Crippen LogP) is 9.65. The number of benzene rings is 2. The van der Waals surface area contributed by atoms with Crippen LogP contribution in [0.4, 0.5) is 0 Å². The lowest BCUT2D eigenvalue weighted by Crippen LogP contribution is -2.20. The number of aromatic nitrogens is 4. The van der Waals surface area contributed by atoms with E-state index >= 15 is 0 Å². The lowest BCUT2D eigenvalue weighted by molar-refractivity contribution is -0.121. The molecule has 2 saturated carbocycles. The second kappa shape index (κ2) is 17.2. The molecule has 2 heterocycles. The lowest BCUT2D eigenvalue weighted by atomic mass is 9.75. The van der Waals surface area contributed by atoms with Crippen molar-refractivity contribution < 1.29 is 4.79 Å². The number of ketones is 1. The van der Waals surface area contributed by atoms with Gasteiger partial charge >= 0.3 is 0 Å². The summed E-state index contributed by atoms with van der Waals surface area (Å²) in [5.41, 5.74) is 5.68. The van der Waals surface area contributed by atoms with Gasteiger partial charge in [0, 0.05) is 37.6 Å². The summed E-state index contributed by atoms with van der Waals surface area (Å²) in [5, 5.41) is 17.3. The van der Waals surface area contributed by atoms with Crippen LogP contribution in [0.1, 0.15) is 132 Å². The van der Waals surface area contributed by atoms with Crippen LogP contribution >= 0.6 is 23.2 Å². The molecule has 2 atom stereocenters. The van der Waals surface area contributed by atoms with Gasteiger partial charge in [0.2, 0.25) is 0 Å². The fraction of sp³-hybridized carbons (Fsp3) is 0.439. The fourth-order valence-electron chi connectivity index (χ4n) is 7.60. The normalized spacial score (nSPS) is 21.8. The molecule has 2 aromatic carbocycles. The number of Topliss-reactive ketones (excluding diaryl/α,β-unsaturated/α-hetero) is 1. The molecule has 6 rings (SSSR count). The smallest absolute Gasteiger partial charge is 0.146 e. The Balaban J connectivity index is 0.890. The molecule has 2 aliphatic rings. The minimum Gasteiger partial charge on any atom is -0.300 e. The molecular weight excluding hydrogens is 663 g/mol. The van der Waals surface area contributed by atoms with E-state index in [-0.39, 0.29) is 10.8 Å². The van der Waals surface area contributed by atoms with Gasteiger partial charge in [-0.1, -0.05) is 24.3 Å². The van der Waals surface area contributed by atoms with Crippen LogP contribution in [0.3, 0.4) is 0 Å². The summed E-state index contributed by atoms with van der Waals surface area (Å²) < 4.78 is 0. The Morgan fingerprint density at radius 3 is 1.26 bits per heavy atom. The molecule has 9 heteroatoms. The van der Waals surface area contributed by atoms with Crippen molar-refractivity contribution in [2.24, 2.45) is 11.8 Å². The van der Waals surface area contributed by atoms with Gasteiger partial charge in [-0.25, -0.2) is 19.9 Å². The van der Waals surface area contributed by atoms with E-state index in [0.29, 0.717) is 77.9 Å². The number of alkyl halides is 2. The number of rotatable bonds is 12. The Hall–Kier alpha value is -4.17. The molecule has 0 N–H and O–H groups in total. The highest BCUT2D eigenvalue weighted by Crippen LogP contribution is 2.40. The molecule has 7 nitrogen and oxygen atoms in total. The fourth-order valence-corrected chi connectivity index (χ4v) is 8.18. The van der Waals surface area contributed by atoms with Gasteiger partial charge in [0.15, 0.2) is 0 Å². The predicted molar refractivity (Wildman–Crippen MR) is 195 cm³/mol. The summed E-state index contributed by atoms with van der Waals surface area (Å²) in [7, 11) is 0. The number of nitriles is 2. The van der Waals surface area contributed by atoms with Crippen molar-refractivity contribution in [3.05, 3.63) is 118 Å². The van der Waals surface area contributed by atoms with E-state index in [1.807, 2.05) is 49.1 Å². The van der Waals surface area contributed by atoms with Gasteiger partial charge in [-0.15, -0.1) is 23.2 Å². The summed E-state index contributed by atoms with van der Waals surface area (Å²) in [6.45, 7) is 0. The standard InChI is InChI=1S/C41H42Cl2N6O/c42-38(19-29-1-5-31(21-44)6-2-29)40-46-23-35(24-47-40)33-13-9-27(10-14-33)17-37(50)18-28-11-15-34(16-12-28)36-25-48-41(49-26-36)39(43)20-30-3-7-32(22-45)8-4-30/h1-8,23-28,33-34,38-39H,9-20H2/t27-,28?,33-,34?,38?,39?. The van der Waals surface area contributed by atoms with Gasteiger partial charge < -0.3 is 0 Å². The van der Waals surface area contributed by atoms with Crippen molar-refractivity contribution in [1.29, 1.82) is 10.5 Å². The third-order valence-electron chi connectivity index (χ3n) is 10.6. The van der Waals surface area contributed by atoms with E-state index in [4.69, 9.17) is 33.7 Å². The van der Waals surface area contributed by atoms with Crippen LogP contribution in [0.15, 0.2) is 73.3 Å². The summed E-state index contributed by atoms with van der Waals surface area (Å²) >= 11 is 13.3. The molecule has 2 fully saturated rings. The van der Waals surface area contributed by atoms with Crippen LogP contribution in [0.2, 0.25) is 0 Å². The van der Waals surface area contributed by atoms with Gasteiger partial charge in [-0.3, -0.25) is 4.79 Å². The number of halogens is 2. The number of carbonyl (C=O) groups is 1. The largest absolute Gasteiger partial charge is 0.300 e. The zero-order valence-corrected chi connectivity index (χ0v) is 29.7. The van der Waals surface area contributed by atoms with E-state index < -0.39 is 0 Å². The quantitative estimate of drug-likeness (QED) is 0.135. The first-order chi connectivity index (χ1) is 24.4. The molecule has 256 valence electrons. The Labute approximate surface area is 305 Å². The van der Waals surface area contributed by atoms with Crippen molar-refractivity contribution >= 4 is 29.0 Å². The summed E-state index contributed by atoms with van der Waals surface area (Å²) in [6.07, 6.45) is 18.8. The molecule has 0 saturated heterocycles. The van der Waals surface area contributed by atoms with Crippen LogP contribution in [-0.2, 0) is 17.6 Å². The third-order valence-corrected chi connectivity index (χ3v) is 11.3. The number of hydrogen-bond acceptors (Lipinski definition) is 7. The number of carbonyl (C=O) groups excluding carboxylic acids is 1. The van der Waals surface area contributed by atoms with E-state index in [9.17, 15) is 4.79 Å². The Kier molecular flexibility index (Phi) is 12.2. The average molecular weight is 706 g/mol. The van der Waals surface area contributed by atoms with Crippen molar-refractivity contribution in [3.63, 3.8) is 0 Å². The maximum Gasteiger partial charge on any atom is 0.146 e. The van der Waals surface area contributed by atoms with Gasteiger partial charge in [-0.2, -0.15) is 10.5 Å². The zero-order chi connectivity index (χ0) is 34.9. The molecule has 2 aliphatic carbocycles. The second-order valence-electron chi connectivity index (χ2n) is 14.1. The third kappa shape index (κ3) is 9.53. The maximum absolute atomic E-state index is 13.1. The maximum atomic E-state index is 13.1. The average Bonchev–Trinajstić information content (AvgIpc) is 3.16. The van der Waals surface area contributed by atoms with Gasteiger partial charge in [0.05, 0.1) is 34.0 Å². The zero-order valence-electron chi connectivity index (χ0n) is 28.2. The highest BCUT2D eigenvalue weighted by atomic mass is 35.5. The van der Waals surface area contributed by atoms with Crippen molar-refractivity contribution in [3.8, 4) is 12.1 Å². The van der Waals surface area contributed by atoms with E-state index in [0.717, 1.165) is 73.6 Å². The SMILES string of the molecule is N#Cc1ccc(CC(Cl)c2ncc(C3CCC(CC(=O)C[C@H]4CC[C@H](c5cnc(C(Cl)Cc6ccc(C#N)cc6)nc5)CC4)CC3)cn2)cc1. The summed E-state index contributed by atoms with van der Waals surface area (Å²) in [4.78, 5) is 31.5. The van der Waals surface area contributed by atoms with Crippen LogP contribution in [0, 0.1) is 34.5 Å². The van der Waals surface area contributed by atoms with E-state index in [2.05, 4.69) is 32.1 Å². The Morgan fingerprint density at radius 2 is 0.940 bits per heavy atom. The van der Waals surface area contributed by atoms with Crippen molar-refractivity contribution in [2.75, 3.05) is 0 Å². The first-order valence-electron chi connectivity index (χ1n) is 17.8. The summed E-state index contributed by atoms with van der Waals surface area (Å²) in [5.74, 6) is 3.44. The van der Waals surface area contributed by atoms with E-state index in [1.165, 1.54) is 0 Å². The highest BCUT2D eigenvalue weighted by molar-refractivity contribution is 6.20. The Bertz CT molecular complexity index is 1650. The summed E-state index contributed by atoms with van der Waals surface area (Å²) in [6, 6.07) is 19.2. The molecule has 0 radical (unpaired) electrons. The first kappa shape index (κ1) is 35.6. The van der Waals surface area contributed by atoms with Crippen LogP contribution < -0.4 is 0 Å². The highest BCUT2D eigenvalue weighted by Gasteiger charge is 2.28. The van der Waals surface area contributed by atoms with Crippen molar-refractivity contribution in [2.45, 2.75) is 99.6 Å². The van der Waals surface area contributed by atoms with Crippen LogP contribution in [-0.4, -0.2) is 25.7 Å². The minimum atomic E-state index is -0.328. The van der Waals surface area contributed by atoms with Gasteiger partial charge in [-0.05, 0) is 134 Å². The minimum absolute atomic E-state index is 0.328. The number of nitrogens with zero attached hydrogens (tertiary/aromatic N) is 6. The molecule has 0 bridgehead atoms. The molecule has 0 amide bonds. The van der Waals surface area contributed by atoms with Crippen LogP contribution in [0.5, 0.6) is 0 Å². The van der Waals surface area contributed by atoms with Gasteiger partial charge in [0.1, 0.15) is 17.4 Å².